The summed E-state index contributed by atoms with van der Waals surface area (Å²) in [7, 11) is -1.24. The molecule has 1 atom stereocenters. The molecule has 0 aromatic heterocycles. The smallest absolute Gasteiger partial charge is 0.218 e. The monoisotopic (exact) mass is 233 g/mol. The number of nitrogens with two attached hydrogens (primary N) is 1. The van der Waals surface area contributed by atoms with E-state index in [1.54, 1.807) is 0 Å². The highest BCUT2D eigenvalue weighted by Crippen LogP contribution is 2.13. The number of likely N-dealkylation sites (N-methyl/N-ethyl adjacent to an activating group) is 1. The largest absolute Gasteiger partial charge is 0.329 e. The van der Waals surface area contributed by atoms with Crippen LogP contribution in [0.3, 0.4) is 0 Å². The first-order valence-corrected chi connectivity index (χ1v) is 6.61. The van der Waals surface area contributed by atoms with Crippen molar-refractivity contribution < 1.29 is 8.42 Å². The Labute approximate surface area is 91.6 Å². The van der Waals surface area contributed by atoms with E-state index in [0.717, 1.165) is 6.54 Å². The van der Waals surface area contributed by atoms with Crippen LogP contribution in [0.1, 0.15) is 0 Å². The summed E-state index contributed by atoms with van der Waals surface area (Å²) in [5.74, 6) is -0.00673. The van der Waals surface area contributed by atoms with E-state index >= 15 is 0 Å². The van der Waals surface area contributed by atoms with Gasteiger partial charge in [0, 0.05) is 32.2 Å². The molecule has 1 aliphatic rings. The van der Waals surface area contributed by atoms with E-state index in [0.29, 0.717) is 19.6 Å². The standard InChI is InChI=1S/C9H19N3O2S/c1-3-6-15(13,14)12-5-4-11(2)8-9(12)7-10/h3,9H,1,4-8,10H2,2H3. The molecule has 6 heteroatoms. The van der Waals surface area contributed by atoms with Gasteiger partial charge in [0.15, 0.2) is 0 Å². The Morgan fingerprint density at radius 2 is 2.20 bits per heavy atom. The molecule has 0 amide bonds. The molecule has 1 unspecified atom stereocenters. The van der Waals surface area contributed by atoms with Gasteiger partial charge in [0.25, 0.3) is 0 Å². The van der Waals surface area contributed by atoms with Crippen molar-refractivity contribution in [3.05, 3.63) is 12.7 Å². The van der Waals surface area contributed by atoms with Crippen LogP contribution in [0.2, 0.25) is 0 Å². The number of hydrogen-bond acceptors (Lipinski definition) is 4. The number of hydrogen-bond donors (Lipinski definition) is 1. The fourth-order valence-corrected chi connectivity index (χ4v) is 3.25. The fourth-order valence-electron chi connectivity index (χ4n) is 1.80. The molecule has 1 heterocycles. The van der Waals surface area contributed by atoms with Crippen LogP contribution in [0, 0.1) is 0 Å². The van der Waals surface area contributed by atoms with E-state index < -0.39 is 10.0 Å². The van der Waals surface area contributed by atoms with Crippen molar-refractivity contribution in [1.82, 2.24) is 9.21 Å². The van der Waals surface area contributed by atoms with Gasteiger partial charge in [-0.1, -0.05) is 6.08 Å². The third kappa shape index (κ3) is 3.01. The zero-order valence-electron chi connectivity index (χ0n) is 9.09. The van der Waals surface area contributed by atoms with Gasteiger partial charge in [-0.05, 0) is 7.05 Å². The Hall–Kier alpha value is -0.430. The van der Waals surface area contributed by atoms with Crippen LogP contribution in [0.4, 0.5) is 0 Å². The minimum atomic E-state index is -3.21. The van der Waals surface area contributed by atoms with Gasteiger partial charge in [0.05, 0.1) is 5.75 Å². The molecule has 5 nitrogen and oxygen atoms in total. The molecule has 0 bridgehead atoms. The first-order chi connectivity index (χ1) is 7.01. The van der Waals surface area contributed by atoms with Crippen molar-refractivity contribution in [2.75, 3.05) is 39.0 Å². The molecule has 0 radical (unpaired) electrons. The lowest BCUT2D eigenvalue weighted by Gasteiger charge is -2.38. The van der Waals surface area contributed by atoms with Crippen LogP contribution in [0.25, 0.3) is 0 Å². The van der Waals surface area contributed by atoms with Crippen LogP contribution < -0.4 is 5.73 Å². The van der Waals surface area contributed by atoms with E-state index in [2.05, 4.69) is 11.5 Å². The summed E-state index contributed by atoms with van der Waals surface area (Å²) in [5.41, 5.74) is 5.59. The Morgan fingerprint density at radius 1 is 1.53 bits per heavy atom. The second-order valence-electron chi connectivity index (χ2n) is 3.83. The second-order valence-corrected chi connectivity index (χ2v) is 5.80. The summed E-state index contributed by atoms with van der Waals surface area (Å²) in [4.78, 5) is 2.09. The first-order valence-electron chi connectivity index (χ1n) is 5.00. The molecule has 0 spiro atoms. The molecule has 15 heavy (non-hydrogen) atoms. The molecule has 0 aromatic rings. The molecule has 88 valence electrons. The molecule has 0 saturated carbocycles. The molecular weight excluding hydrogens is 214 g/mol. The van der Waals surface area contributed by atoms with Crippen molar-refractivity contribution in [2.24, 2.45) is 5.73 Å². The van der Waals surface area contributed by atoms with Crippen LogP contribution in [0.15, 0.2) is 12.7 Å². The number of piperazine rings is 1. The minimum absolute atomic E-state index is 0.00673. The Kier molecular flexibility index (Phi) is 4.27. The van der Waals surface area contributed by atoms with Crippen molar-refractivity contribution >= 4 is 10.0 Å². The summed E-state index contributed by atoms with van der Waals surface area (Å²) in [6.07, 6.45) is 1.42. The Bertz CT molecular complexity index is 315. The van der Waals surface area contributed by atoms with Gasteiger partial charge in [-0.2, -0.15) is 4.31 Å². The fraction of sp³-hybridized carbons (Fsp3) is 0.778. The molecule has 1 aliphatic heterocycles. The lowest BCUT2D eigenvalue weighted by molar-refractivity contribution is 0.164. The normalized spacial score (nSPS) is 25.3. The van der Waals surface area contributed by atoms with E-state index in [4.69, 9.17) is 5.73 Å². The van der Waals surface area contributed by atoms with Crippen molar-refractivity contribution in [1.29, 1.82) is 0 Å². The topological polar surface area (TPSA) is 66.6 Å². The predicted octanol–water partition coefficient (Wildman–Crippen LogP) is -0.923. The third-order valence-electron chi connectivity index (χ3n) is 2.59. The first kappa shape index (κ1) is 12.6. The highest BCUT2D eigenvalue weighted by molar-refractivity contribution is 7.89. The van der Waals surface area contributed by atoms with Crippen molar-refractivity contribution in [3.63, 3.8) is 0 Å². The molecule has 1 rings (SSSR count). The van der Waals surface area contributed by atoms with Gasteiger partial charge in [-0.15, -0.1) is 6.58 Å². The van der Waals surface area contributed by atoms with Gasteiger partial charge in [0.2, 0.25) is 10.0 Å². The van der Waals surface area contributed by atoms with Crippen LogP contribution >= 0.6 is 0 Å². The molecule has 0 aliphatic carbocycles. The molecular formula is C9H19N3O2S. The van der Waals surface area contributed by atoms with Crippen molar-refractivity contribution in [3.8, 4) is 0 Å². The summed E-state index contributed by atoms with van der Waals surface area (Å²) in [6.45, 7) is 5.80. The maximum Gasteiger partial charge on any atom is 0.218 e. The van der Waals surface area contributed by atoms with E-state index in [-0.39, 0.29) is 11.8 Å². The average Bonchev–Trinajstić information content (AvgIpc) is 2.17. The van der Waals surface area contributed by atoms with Gasteiger partial charge in [0.1, 0.15) is 0 Å². The highest BCUT2D eigenvalue weighted by Gasteiger charge is 2.32. The molecule has 1 saturated heterocycles. The van der Waals surface area contributed by atoms with Gasteiger partial charge < -0.3 is 10.6 Å². The van der Waals surface area contributed by atoms with Crippen molar-refractivity contribution in [2.45, 2.75) is 6.04 Å². The molecule has 1 fully saturated rings. The highest BCUT2D eigenvalue weighted by atomic mass is 32.2. The average molecular weight is 233 g/mol. The molecule has 0 aromatic carbocycles. The predicted molar refractivity (Wildman–Crippen MR) is 61.0 cm³/mol. The quantitative estimate of drug-likeness (QED) is 0.638. The summed E-state index contributed by atoms with van der Waals surface area (Å²) in [5, 5.41) is 0. The van der Waals surface area contributed by atoms with Crippen LogP contribution in [-0.2, 0) is 10.0 Å². The minimum Gasteiger partial charge on any atom is -0.329 e. The van der Waals surface area contributed by atoms with E-state index in [1.807, 2.05) is 7.05 Å². The maximum absolute atomic E-state index is 11.8. The van der Waals surface area contributed by atoms with Gasteiger partial charge >= 0.3 is 0 Å². The van der Waals surface area contributed by atoms with Crippen LogP contribution in [-0.4, -0.2) is 62.6 Å². The zero-order valence-corrected chi connectivity index (χ0v) is 9.91. The number of nitrogens with zero attached hydrogens (tertiary/aromatic N) is 2. The summed E-state index contributed by atoms with van der Waals surface area (Å²) in [6, 6.07) is -0.103. The lowest BCUT2D eigenvalue weighted by Crippen LogP contribution is -2.57. The number of sulfonamides is 1. The maximum atomic E-state index is 11.8. The lowest BCUT2D eigenvalue weighted by atomic mass is 10.2. The third-order valence-corrected chi connectivity index (χ3v) is 4.44. The Morgan fingerprint density at radius 3 is 2.73 bits per heavy atom. The number of rotatable bonds is 4. The summed E-state index contributed by atoms with van der Waals surface area (Å²) < 4.78 is 25.2. The van der Waals surface area contributed by atoms with E-state index in [9.17, 15) is 8.42 Å². The second kappa shape index (κ2) is 5.07. The zero-order chi connectivity index (χ0) is 11.5. The van der Waals surface area contributed by atoms with Gasteiger partial charge in [-0.25, -0.2) is 8.42 Å². The van der Waals surface area contributed by atoms with E-state index in [1.165, 1.54) is 10.4 Å². The van der Waals surface area contributed by atoms with Gasteiger partial charge in [-0.3, -0.25) is 0 Å². The SMILES string of the molecule is C=CCS(=O)(=O)N1CCN(C)CC1CN. The van der Waals surface area contributed by atoms with Crippen LogP contribution in [0.5, 0.6) is 0 Å². The summed E-state index contributed by atoms with van der Waals surface area (Å²) >= 11 is 0. The Balaban J connectivity index is 2.79. The molecule has 2 N–H and O–H groups in total.